The predicted octanol–water partition coefficient (Wildman–Crippen LogP) is 1.41. The zero-order valence-electron chi connectivity index (χ0n) is 10.9. The molecule has 98 valence electrons. The largest absolute Gasteiger partial charge is 0.462 e. The van der Waals surface area contributed by atoms with E-state index in [-0.39, 0.29) is 17.8 Å². The second kappa shape index (κ2) is 5.69. The zero-order valence-corrected chi connectivity index (χ0v) is 10.9. The van der Waals surface area contributed by atoms with Crippen LogP contribution in [0.15, 0.2) is 22.9 Å². The lowest BCUT2D eigenvalue weighted by atomic mass is 9.96. The van der Waals surface area contributed by atoms with Crippen molar-refractivity contribution in [2.75, 3.05) is 13.2 Å². The van der Waals surface area contributed by atoms with Gasteiger partial charge < -0.3 is 15.2 Å². The molecule has 1 rings (SSSR count). The summed E-state index contributed by atoms with van der Waals surface area (Å²) in [4.78, 5) is 11.5. The summed E-state index contributed by atoms with van der Waals surface area (Å²) in [5.74, 6) is -0.634. The van der Waals surface area contributed by atoms with E-state index in [1.165, 1.54) is 6.08 Å². The Labute approximate surface area is 107 Å². The van der Waals surface area contributed by atoms with Crippen molar-refractivity contribution in [1.82, 2.24) is 0 Å². The van der Waals surface area contributed by atoms with Crippen LogP contribution in [0, 0.1) is 11.3 Å². The van der Waals surface area contributed by atoms with E-state index < -0.39 is 5.97 Å². The quantitative estimate of drug-likeness (QED) is 0.465. The number of carbonyl (C=O) groups excluding carboxylic acids is 1. The van der Waals surface area contributed by atoms with Gasteiger partial charge in [-0.25, -0.2) is 4.79 Å². The molecule has 0 radical (unpaired) electrons. The first-order chi connectivity index (χ1) is 8.39. The fourth-order valence-electron chi connectivity index (χ4n) is 1.64. The van der Waals surface area contributed by atoms with Crippen molar-refractivity contribution in [3.05, 3.63) is 22.9 Å². The standard InChI is InChI=1S/C13H18N2O3/c1-4-17-12(16)9(7-14)5-10-8-18-13(2,3)6-11(10)15/h5H,4,6,8,15H2,1-3H3/b9-5+. The molecule has 0 aliphatic carbocycles. The molecule has 0 saturated carbocycles. The monoisotopic (exact) mass is 250 g/mol. The smallest absolute Gasteiger partial charge is 0.348 e. The molecule has 5 heteroatoms. The SMILES string of the molecule is CCOC(=O)/C(C#N)=C/C1=C(N)CC(C)(C)OC1. The van der Waals surface area contributed by atoms with Crippen molar-refractivity contribution in [3.8, 4) is 6.07 Å². The average molecular weight is 250 g/mol. The third kappa shape index (κ3) is 3.60. The van der Waals surface area contributed by atoms with E-state index in [0.717, 1.165) is 0 Å². The molecule has 0 spiro atoms. The molecule has 0 saturated heterocycles. The van der Waals surface area contributed by atoms with E-state index >= 15 is 0 Å². The maximum atomic E-state index is 11.5. The highest BCUT2D eigenvalue weighted by Gasteiger charge is 2.26. The van der Waals surface area contributed by atoms with Crippen LogP contribution in [-0.4, -0.2) is 24.8 Å². The highest BCUT2D eigenvalue weighted by molar-refractivity contribution is 5.93. The summed E-state index contributed by atoms with van der Waals surface area (Å²) < 4.78 is 10.4. The lowest BCUT2D eigenvalue weighted by Gasteiger charge is -2.31. The molecule has 1 aliphatic heterocycles. The summed E-state index contributed by atoms with van der Waals surface area (Å²) in [6.45, 7) is 6.10. The number of nitrogens with zero attached hydrogens (tertiary/aromatic N) is 1. The highest BCUT2D eigenvalue weighted by atomic mass is 16.5. The Bertz CT molecular complexity index is 442. The van der Waals surface area contributed by atoms with Crippen LogP contribution in [0.3, 0.4) is 0 Å². The number of nitriles is 1. The van der Waals surface area contributed by atoms with E-state index in [4.69, 9.17) is 20.5 Å². The first kappa shape index (κ1) is 14.3. The molecule has 0 fully saturated rings. The maximum Gasteiger partial charge on any atom is 0.348 e. The summed E-state index contributed by atoms with van der Waals surface area (Å²) in [5.41, 5.74) is 6.87. The Morgan fingerprint density at radius 2 is 2.33 bits per heavy atom. The minimum Gasteiger partial charge on any atom is -0.462 e. The van der Waals surface area contributed by atoms with Crippen LogP contribution in [0.2, 0.25) is 0 Å². The van der Waals surface area contributed by atoms with Crippen LogP contribution < -0.4 is 5.73 Å². The first-order valence-corrected chi connectivity index (χ1v) is 5.80. The number of carbonyl (C=O) groups is 1. The van der Waals surface area contributed by atoms with Crippen LogP contribution in [0.1, 0.15) is 27.2 Å². The summed E-state index contributed by atoms with van der Waals surface area (Å²) in [5, 5.41) is 8.92. The molecule has 0 aromatic carbocycles. The predicted molar refractivity (Wildman–Crippen MR) is 66.2 cm³/mol. The van der Waals surface area contributed by atoms with Crippen molar-refractivity contribution in [2.45, 2.75) is 32.8 Å². The molecule has 5 nitrogen and oxygen atoms in total. The lowest BCUT2D eigenvalue weighted by molar-refractivity contribution is -0.138. The fraction of sp³-hybridized carbons (Fsp3) is 0.538. The molecule has 1 heterocycles. The molecule has 0 unspecified atom stereocenters. The van der Waals surface area contributed by atoms with Crippen molar-refractivity contribution in [3.63, 3.8) is 0 Å². The topological polar surface area (TPSA) is 85.3 Å². The van der Waals surface area contributed by atoms with Crippen LogP contribution >= 0.6 is 0 Å². The van der Waals surface area contributed by atoms with Crippen molar-refractivity contribution in [2.24, 2.45) is 5.73 Å². The highest BCUT2D eigenvalue weighted by Crippen LogP contribution is 2.26. The summed E-state index contributed by atoms with van der Waals surface area (Å²) in [6.07, 6.45) is 2.02. The van der Waals surface area contributed by atoms with Crippen molar-refractivity contribution >= 4 is 5.97 Å². The lowest BCUT2D eigenvalue weighted by Crippen LogP contribution is -2.33. The molecule has 0 atom stereocenters. The Hall–Kier alpha value is -1.80. The van der Waals surface area contributed by atoms with Gasteiger partial charge in [0.2, 0.25) is 0 Å². The summed E-state index contributed by atoms with van der Waals surface area (Å²) >= 11 is 0. The summed E-state index contributed by atoms with van der Waals surface area (Å²) in [6, 6.07) is 1.82. The molecule has 18 heavy (non-hydrogen) atoms. The van der Waals surface area contributed by atoms with Gasteiger partial charge in [-0.2, -0.15) is 5.26 Å². The van der Waals surface area contributed by atoms with Gasteiger partial charge in [-0.3, -0.25) is 0 Å². The number of nitrogens with two attached hydrogens (primary N) is 1. The van der Waals surface area contributed by atoms with Gasteiger partial charge in [-0.1, -0.05) is 0 Å². The number of hydrogen-bond acceptors (Lipinski definition) is 5. The van der Waals surface area contributed by atoms with Gasteiger partial charge in [0.15, 0.2) is 0 Å². The molecular formula is C13H18N2O3. The molecule has 0 bridgehead atoms. The van der Waals surface area contributed by atoms with Crippen LogP contribution in [0.25, 0.3) is 0 Å². The Kier molecular flexibility index (Phi) is 4.51. The number of ether oxygens (including phenoxy) is 2. The molecule has 0 aromatic heterocycles. The minimum atomic E-state index is -0.634. The van der Waals surface area contributed by atoms with Crippen molar-refractivity contribution in [1.29, 1.82) is 5.26 Å². The second-order valence-electron chi connectivity index (χ2n) is 4.67. The van der Waals surface area contributed by atoms with E-state index in [1.807, 2.05) is 19.9 Å². The van der Waals surface area contributed by atoms with Crippen LogP contribution in [0.4, 0.5) is 0 Å². The molecule has 0 amide bonds. The first-order valence-electron chi connectivity index (χ1n) is 5.80. The molecular weight excluding hydrogens is 232 g/mol. The zero-order chi connectivity index (χ0) is 13.8. The molecule has 0 aromatic rings. The molecule has 2 N–H and O–H groups in total. The van der Waals surface area contributed by atoms with E-state index in [0.29, 0.717) is 24.3 Å². The number of hydrogen-bond donors (Lipinski definition) is 1. The average Bonchev–Trinajstić information content (AvgIpc) is 2.27. The van der Waals surface area contributed by atoms with Gasteiger partial charge in [-0.05, 0) is 32.4 Å². The normalized spacial score (nSPS) is 19.3. The minimum absolute atomic E-state index is 0.0573. The molecule has 1 aliphatic rings. The van der Waals surface area contributed by atoms with E-state index in [2.05, 4.69) is 0 Å². The number of rotatable bonds is 3. The third-order valence-corrected chi connectivity index (χ3v) is 2.58. The van der Waals surface area contributed by atoms with E-state index in [1.54, 1.807) is 6.92 Å². The fourth-order valence-corrected chi connectivity index (χ4v) is 1.64. The van der Waals surface area contributed by atoms with Crippen molar-refractivity contribution < 1.29 is 14.3 Å². The van der Waals surface area contributed by atoms with Crippen LogP contribution in [-0.2, 0) is 14.3 Å². The Morgan fingerprint density at radius 1 is 1.67 bits per heavy atom. The van der Waals surface area contributed by atoms with Gasteiger partial charge >= 0.3 is 5.97 Å². The van der Waals surface area contributed by atoms with Gasteiger partial charge in [0.25, 0.3) is 0 Å². The maximum absolute atomic E-state index is 11.5. The third-order valence-electron chi connectivity index (χ3n) is 2.58. The summed E-state index contributed by atoms with van der Waals surface area (Å²) in [7, 11) is 0. The Morgan fingerprint density at radius 3 is 2.83 bits per heavy atom. The number of esters is 1. The Balaban J connectivity index is 2.94. The van der Waals surface area contributed by atoms with Gasteiger partial charge in [0.1, 0.15) is 11.6 Å². The van der Waals surface area contributed by atoms with Gasteiger partial charge in [0.05, 0.1) is 18.8 Å². The van der Waals surface area contributed by atoms with Gasteiger partial charge in [-0.15, -0.1) is 0 Å². The second-order valence-corrected chi connectivity index (χ2v) is 4.67. The van der Waals surface area contributed by atoms with E-state index in [9.17, 15) is 4.79 Å². The van der Waals surface area contributed by atoms with Gasteiger partial charge in [0, 0.05) is 12.1 Å². The van der Waals surface area contributed by atoms with Crippen LogP contribution in [0.5, 0.6) is 0 Å².